The molecule has 0 bridgehead atoms. The summed E-state index contributed by atoms with van der Waals surface area (Å²) in [7, 11) is 1.60. The van der Waals surface area contributed by atoms with E-state index in [1.165, 1.54) is 10.6 Å². The Hall–Kier alpha value is -2.67. The van der Waals surface area contributed by atoms with E-state index in [0.29, 0.717) is 11.5 Å². The first-order chi connectivity index (χ1) is 10.6. The zero-order valence-electron chi connectivity index (χ0n) is 11.8. The molecule has 1 amide bonds. The van der Waals surface area contributed by atoms with Crippen molar-refractivity contribution < 1.29 is 9.32 Å². The second kappa shape index (κ2) is 5.98. The van der Waals surface area contributed by atoms with E-state index in [9.17, 15) is 9.59 Å². The van der Waals surface area contributed by atoms with E-state index in [-0.39, 0.29) is 17.7 Å². The summed E-state index contributed by atoms with van der Waals surface area (Å²) in [6, 6.07) is 8.78. The van der Waals surface area contributed by atoms with Gasteiger partial charge in [-0.3, -0.25) is 9.59 Å². The highest BCUT2D eigenvalue weighted by molar-refractivity contribution is 7.13. The van der Waals surface area contributed by atoms with Crippen LogP contribution in [0.4, 0.5) is 0 Å². The fourth-order valence-electron chi connectivity index (χ4n) is 1.97. The summed E-state index contributed by atoms with van der Waals surface area (Å²) in [6.45, 7) is 0.200. The number of rotatable bonds is 4. The first-order valence-corrected chi connectivity index (χ1v) is 7.46. The maximum atomic E-state index is 12.0. The molecule has 0 aliphatic carbocycles. The molecule has 0 aliphatic rings. The molecule has 0 aromatic carbocycles. The lowest BCUT2D eigenvalue weighted by Crippen LogP contribution is -2.31. The molecule has 0 atom stereocenters. The van der Waals surface area contributed by atoms with Crippen LogP contribution < -0.4 is 10.9 Å². The Morgan fingerprint density at radius 1 is 1.41 bits per heavy atom. The minimum absolute atomic E-state index is 0.104. The maximum absolute atomic E-state index is 12.0. The van der Waals surface area contributed by atoms with Gasteiger partial charge >= 0.3 is 0 Å². The second-order valence-electron chi connectivity index (χ2n) is 4.68. The van der Waals surface area contributed by atoms with E-state index in [2.05, 4.69) is 10.5 Å². The molecule has 0 saturated carbocycles. The van der Waals surface area contributed by atoms with E-state index >= 15 is 0 Å². The van der Waals surface area contributed by atoms with Gasteiger partial charge in [-0.25, -0.2) is 0 Å². The molecular formula is C15H13N3O3S. The molecule has 3 aromatic heterocycles. The molecule has 6 nitrogen and oxygen atoms in total. The van der Waals surface area contributed by atoms with Gasteiger partial charge in [-0.2, -0.15) is 0 Å². The third kappa shape index (κ3) is 2.84. The van der Waals surface area contributed by atoms with Crippen LogP contribution in [0.25, 0.3) is 10.6 Å². The topological polar surface area (TPSA) is 77.1 Å². The van der Waals surface area contributed by atoms with Crippen molar-refractivity contribution in [3.8, 4) is 10.6 Å². The van der Waals surface area contributed by atoms with Crippen molar-refractivity contribution >= 4 is 17.2 Å². The number of pyridine rings is 1. The highest BCUT2D eigenvalue weighted by atomic mass is 32.1. The molecule has 0 saturated heterocycles. The summed E-state index contributed by atoms with van der Waals surface area (Å²) in [5, 5.41) is 8.53. The lowest BCUT2D eigenvalue weighted by atomic mass is 10.2. The number of aryl methyl sites for hydroxylation is 1. The largest absolute Gasteiger partial charge is 0.355 e. The number of amides is 1. The van der Waals surface area contributed by atoms with Crippen LogP contribution >= 0.6 is 11.3 Å². The normalized spacial score (nSPS) is 10.6. The molecule has 0 spiro atoms. The molecule has 1 N–H and O–H groups in total. The number of nitrogens with zero attached hydrogens (tertiary/aromatic N) is 2. The van der Waals surface area contributed by atoms with Gasteiger partial charge in [-0.15, -0.1) is 11.3 Å². The summed E-state index contributed by atoms with van der Waals surface area (Å²) in [6.07, 6.45) is 1.60. The lowest BCUT2D eigenvalue weighted by Gasteiger charge is -2.03. The van der Waals surface area contributed by atoms with Gasteiger partial charge in [0.05, 0.1) is 11.4 Å². The Morgan fingerprint density at radius 2 is 2.27 bits per heavy atom. The molecule has 0 radical (unpaired) electrons. The molecule has 22 heavy (non-hydrogen) atoms. The number of carbonyl (C=O) groups is 1. The third-order valence-corrected chi connectivity index (χ3v) is 4.01. The monoisotopic (exact) mass is 315 g/mol. The molecular weight excluding hydrogens is 302 g/mol. The number of carbonyl (C=O) groups excluding carboxylic acids is 1. The quantitative estimate of drug-likeness (QED) is 0.799. The van der Waals surface area contributed by atoms with Crippen LogP contribution in [0.3, 0.4) is 0 Å². The predicted molar refractivity (Wildman–Crippen MR) is 82.7 cm³/mol. The van der Waals surface area contributed by atoms with Crippen molar-refractivity contribution in [3.05, 3.63) is 63.5 Å². The zero-order chi connectivity index (χ0) is 15.5. The van der Waals surface area contributed by atoms with Crippen molar-refractivity contribution in [3.63, 3.8) is 0 Å². The number of thiophene rings is 1. The fourth-order valence-corrected chi connectivity index (χ4v) is 2.64. The number of hydrogen-bond donors (Lipinski definition) is 1. The number of aromatic nitrogens is 2. The summed E-state index contributed by atoms with van der Waals surface area (Å²) in [4.78, 5) is 24.9. The zero-order valence-corrected chi connectivity index (χ0v) is 12.6. The van der Waals surface area contributed by atoms with Gasteiger partial charge in [0.1, 0.15) is 11.3 Å². The van der Waals surface area contributed by atoms with Crippen LogP contribution in [0.5, 0.6) is 0 Å². The van der Waals surface area contributed by atoms with Crippen LogP contribution in [0.1, 0.15) is 16.1 Å². The van der Waals surface area contributed by atoms with Gasteiger partial charge < -0.3 is 14.4 Å². The Bertz CT molecular complexity index is 849. The smallest absolute Gasteiger partial charge is 0.263 e. The minimum atomic E-state index is -0.429. The first-order valence-electron chi connectivity index (χ1n) is 6.58. The summed E-state index contributed by atoms with van der Waals surface area (Å²) < 4.78 is 6.59. The average molecular weight is 315 g/mol. The van der Waals surface area contributed by atoms with Crippen LogP contribution in [0, 0.1) is 0 Å². The van der Waals surface area contributed by atoms with Gasteiger partial charge in [0.2, 0.25) is 0 Å². The first kappa shape index (κ1) is 14.3. The van der Waals surface area contributed by atoms with Gasteiger partial charge in [-0.1, -0.05) is 11.2 Å². The molecule has 0 aliphatic heterocycles. The Labute approximate surface area is 130 Å². The molecule has 112 valence electrons. The highest BCUT2D eigenvalue weighted by Crippen LogP contribution is 2.24. The SMILES string of the molecule is Cn1cccc(C(=O)NCc2cc(-c3cccs3)on2)c1=O. The van der Waals surface area contributed by atoms with Crippen molar-refractivity contribution in [2.24, 2.45) is 7.05 Å². The summed E-state index contributed by atoms with van der Waals surface area (Å²) >= 11 is 1.55. The van der Waals surface area contributed by atoms with Crippen LogP contribution in [0.15, 0.2) is 51.2 Å². The van der Waals surface area contributed by atoms with Crippen LogP contribution in [-0.4, -0.2) is 15.6 Å². The molecule has 3 heterocycles. The second-order valence-corrected chi connectivity index (χ2v) is 5.63. The fraction of sp³-hybridized carbons (Fsp3) is 0.133. The van der Waals surface area contributed by atoms with Gasteiger partial charge in [0.15, 0.2) is 5.76 Å². The van der Waals surface area contributed by atoms with Crippen molar-refractivity contribution in [1.29, 1.82) is 0 Å². The minimum Gasteiger partial charge on any atom is -0.355 e. The molecule has 7 heteroatoms. The van der Waals surface area contributed by atoms with E-state index in [4.69, 9.17) is 4.52 Å². The van der Waals surface area contributed by atoms with Crippen molar-refractivity contribution in [1.82, 2.24) is 15.0 Å². The average Bonchev–Trinajstić information content (AvgIpc) is 3.18. The van der Waals surface area contributed by atoms with Crippen LogP contribution in [-0.2, 0) is 13.6 Å². The van der Waals surface area contributed by atoms with E-state index < -0.39 is 5.91 Å². The van der Waals surface area contributed by atoms with Crippen molar-refractivity contribution in [2.75, 3.05) is 0 Å². The van der Waals surface area contributed by atoms with Crippen LogP contribution in [0.2, 0.25) is 0 Å². The third-order valence-electron chi connectivity index (χ3n) is 3.12. The molecule has 3 aromatic rings. The Kier molecular flexibility index (Phi) is 3.88. The Balaban J connectivity index is 1.69. The van der Waals surface area contributed by atoms with Gasteiger partial charge in [0.25, 0.3) is 11.5 Å². The van der Waals surface area contributed by atoms with E-state index in [1.807, 2.05) is 17.5 Å². The highest BCUT2D eigenvalue weighted by Gasteiger charge is 2.12. The maximum Gasteiger partial charge on any atom is 0.263 e. The number of nitrogens with one attached hydrogen (secondary N) is 1. The molecule has 3 rings (SSSR count). The van der Waals surface area contributed by atoms with Crippen molar-refractivity contribution in [2.45, 2.75) is 6.54 Å². The predicted octanol–water partition coefficient (Wildman–Crippen LogP) is 2.03. The molecule has 0 fully saturated rings. The standard InChI is InChI=1S/C15H13N3O3S/c1-18-6-2-4-11(15(18)20)14(19)16-9-10-8-12(21-17-10)13-5-3-7-22-13/h2-8H,9H2,1H3,(H,16,19). The Morgan fingerprint density at radius 3 is 3.05 bits per heavy atom. The van der Waals surface area contributed by atoms with Gasteiger partial charge in [0, 0.05) is 19.3 Å². The summed E-state index contributed by atoms with van der Waals surface area (Å²) in [5.41, 5.74) is 0.371. The molecule has 0 unspecified atom stereocenters. The van der Waals surface area contributed by atoms with E-state index in [1.54, 1.807) is 36.7 Å². The lowest BCUT2D eigenvalue weighted by molar-refractivity contribution is 0.0948. The van der Waals surface area contributed by atoms with Gasteiger partial charge in [-0.05, 0) is 23.6 Å². The number of hydrogen-bond acceptors (Lipinski definition) is 5. The van der Waals surface area contributed by atoms with E-state index in [0.717, 1.165) is 4.88 Å². The summed E-state index contributed by atoms with van der Waals surface area (Å²) in [5.74, 6) is 0.233.